The summed E-state index contributed by atoms with van der Waals surface area (Å²) in [5.41, 5.74) is 0. The molecule has 1 heterocycles. The van der Waals surface area contributed by atoms with E-state index in [1.807, 2.05) is 4.90 Å². The van der Waals surface area contributed by atoms with Crippen LogP contribution in [-0.4, -0.2) is 34.1 Å². The number of rotatable bonds is 1. The molecule has 1 fully saturated rings. The van der Waals surface area contributed by atoms with E-state index in [1.165, 1.54) is 13.3 Å². The number of hydrogen-bond donors (Lipinski definition) is 1. The molecule has 1 saturated heterocycles. The molecule has 1 amide bonds. The van der Waals surface area contributed by atoms with Crippen molar-refractivity contribution in [2.75, 3.05) is 0 Å². The molecule has 13 heavy (non-hydrogen) atoms. The maximum atomic E-state index is 11.6. The van der Waals surface area contributed by atoms with Crippen LogP contribution in [0.1, 0.15) is 40.0 Å². The molecule has 0 aliphatic carbocycles. The van der Waals surface area contributed by atoms with E-state index in [1.54, 1.807) is 0 Å². The van der Waals surface area contributed by atoms with Crippen molar-refractivity contribution < 1.29 is 9.90 Å². The molecule has 3 atom stereocenters. The Hall–Kier alpha value is -0.570. The van der Waals surface area contributed by atoms with Crippen LogP contribution in [-0.2, 0) is 4.79 Å². The monoisotopic (exact) mass is 185 g/mol. The lowest BCUT2D eigenvalue weighted by Gasteiger charge is -2.39. The number of hydrogen-bond acceptors (Lipinski definition) is 2. The van der Waals surface area contributed by atoms with Gasteiger partial charge in [0.2, 0.25) is 0 Å². The third-order valence-corrected chi connectivity index (χ3v) is 2.81. The van der Waals surface area contributed by atoms with Gasteiger partial charge in [-0.25, -0.2) is 0 Å². The summed E-state index contributed by atoms with van der Waals surface area (Å²) in [4.78, 5) is 13.4. The van der Waals surface area contributed by atoms with Gasteiger partial charge in [-0.15, -0.1) is 0 Å². The van der Waals surface area contributed by atoms with E-state index in [0.29, 0.717) is 0 Å². The smallest absolute Gasteiger partial charge is 0.251 e. The van der Waals surface area contributed by atoms with Crippen LogP contribution in [0.2, 0.25) is 0 Å². The molecule has 0 radical (unpaired) electrons. The average molecular weight is 185 g/mol. The minimum atomic E-state index is -0.858. The normalized spacial score (nSPS) is 31.5. The number of aliphatic hydroxyl groups excluding tert-OH is 1. The quantitative estimate of drug-likeness (QED) is 0.666. The third kappa shape index (κ3) is 2.21. The molecule has 0 aromatic carbocycles. The van der Waals surface area contributed by atoms with Crippen molar-refractivity contribution in [2.45, 2.75) is 58.2 Å². The number of carbonyl (C=O) groups excluding carboxylic acids is 1. The van der Waals surface area contributed by atoms with Crippen molar-refractivity contribution in [3.05, 3.63) is 0 Å². The van der Waals surface area contributed by atoms with E-state index >= 15 is 0 Å². The lowest BCUT2D eigenvalue weighted by atomic mass is 9.97. The van der Waals surface area contributed by atoms with Gasteiger partial charge in [0.15, 0.2) is 0 Å². The summed E-state index contributed by atoms with van der Waals surface area (Å²) in [6.07, 6.45) is 2.44. The minimum Gasteiger partial charge on any atom is -0.384 e. The standard InChI is InChI=1S/C10H19NO2/c1-7-5-4-6-8(2)11(7)10(13)9(3)12/h7-9,12H,4-6H2,1-3H3/t7-,8-,9-/m1/s1. The maximum Gasteiger partial charge on any atom is 0.251 e. The van der Waals surface area contributed by atoms with Gasteiger partial charge < -0.3 is 10.0 Å². The zero-order valence-corrected chi connectivity index (χ0v) is 8.66. The Morgan fingerprint density at radius 3 is 2.23 bits per heavy atom. The molecule has 0 unspecified atom stereocenters. The van der Waals surface area contributed by atoms with Crippen molar-refractivity contribution in [1.82, 2.24) is 4.90 Å². The van der Waals surface area contributed by atoms with Gasteiger partial charge in [0.25, 0.3) is 5.91 Å². The Kier molecular flexibility index (Phi) is 3.31. The topological polar surface area (TPSA) is 40.5 Å². The van der Waals surface area contributed by atoms with E-state index in [0.717, 1.165) is 12.8 Å². The molecule has 1 N–H and O–H groups in total. The molecule has 1 rings (SSSR count). The van der Waals surface area contributed by atoms with Crippen molar-refractivity contribution in [2.24, 2.45) is 0 Å². The highest BCUT2D eigenvalue weighted by Gasteiger charge is 2.30. The van der Waals surface area contributed by atoms with Crippen LogP contribution in [0.5, 0.6) is 0 Å². The molecular weight excluding hydrogens is 166 g/mol. The van der Waals surface area contributed by atoms with Gasteiger partial charge in [-0.05, 0) is 40.0 Å². The second-order valence-electron chi connectivity index (χ2n) is 4.05. The minimum absolute atomic E-state index is 0.125. The number of nitrogens with zero attached hydrogens (tertiary/aromatic N) is 1. The Balaban J connectivity index is 2.68. The van der Waals surface area contributed by atoms with E-state index in [4.69, 9.17) is 0 Å². The zero-order chi connectivity index (χ0) is 10.0. The molecule has 0 spiro atoms. The first-order chi connectivity index (χ1) is 6.04. The van der Waals surface area contributed by atoms with Gasteiger partial charge >= 0.3 is 0 Å². The van der Waals surface area contributed by atoms with Crippen LogP contribution in [0.3, 0.4) is 0 Å². The second kappa shape index (κ2) is 4.09. The predicted octanol–water partition coefficient (Wildman–Crippen LogP) is 1.16. The molecule has 0 bridgehead atoms. The molecular formula is C10H19NO2. The number of amides is 1. The van der Waals surface area contributed by atoms with Crippen LogP contribution < -0.4 is 0 Å². The first-order valence-corrected chi connectivity index (χ1v) is 5.04. The van der Waals surface area contributed by atoms with E-state index in [-0.39, 0.29) is 18.0 Å². The maximum absolute atomic E-state index is 11.6. The average Bonchev–Trinajstić information content (AvgIpc) is 2.03. The van der Waals surface area contributed by atoms with Crippen LogP contribution in [0.15, 0.2) is 0 Å². The highest BCUT2D eigenvalue weighted by molar-refractivity contribution is 5.80. The first-order valence-electron chi connectivity index (χ1n) is 5.04. The molecule has 0 saturated carbocycles. The fraction of sp³-hybridized carbons (Fsp3) is 0.900. The molecule has 3 heteroatoms. The molecule has 1 aliphatic rings. The van der Waals surface area contributed by atoms with Crippen molar-refractivity contribution in [1.29, 1.82) is 0 Å². The van der Waals surface area contributed by atoms with Crippen molar-refractivity contribution in [3.8, 4) is 0 Å². The van der Waals surface area contributed by atoms with E-state index < -0.39 is 6.10 Å². The Morgan fingerprint density at radius 2 is 1.85 bits per heavy atom. The largest absolute Gasteiger partial charge is 0.384 e. The van der Waals surface area contributed by atoms with Crippen LogP contribution in [0.25, 0.3) is 0 Å². The third-order valence-electron chi connectivity index (χ3n) is 2.81. The van der Waals surface area contributed by atoms with Crippen molar-refractivity contribution in [3.63, 3.8) is 0 Å². The molecule has 0 aromatic rings. The first kappa shape index (κ1) is 10.5. The van der Waals surface area contributed by atoms with E-state index in [9.17, 15) is 9.90 Å². The number of carbonyl (C=O) groups is 1. The summed E-state index contributed by atoms with van der Waals surface area (Å²) in [6.45, 7) is 5.64. The van der Waals surface area contributed by atoms with Crippen LogP contribution >= 0.6 is 0 Å². The molecule has 0 aromatic heterocycles. The summed E-state index contributed by atoms with van der Waals surface area (Å²) >= 11 is 0. The summed E-state index contributed by atoms with van der Waals surface area (Å²) < 4.78 is 0. The lowest BCUT2D eigenvalue weighted by Crippen LogP contribution is -2.50. The molecule has 76 valence electrons. The summed E-state index contributed by atoms with van der Waals surface area (Å²) in [6, 6.07) is 0.566. The van der Waals surface area contributed by atoms with Crippen molar-refractivity contribution >= 4 is 5.91 Å². The van der Waals surface area contributed by atoms with Gasteiger partial charge in [0.05, 0.1) is 0 Å². The highest BCUT2D eigenvalue weighted by Crippen LogP contribution is 2.22. The predicted molar refractivity (Wildman–Crippen MR) is 51.3 cm³/mol. The van der Waals surface area contributed by atoms with Gasteiger partial charge in [-0.3, -0.25) is 4.79 Å². The second-order valence-corrected chi connectivity index (χ2v) is 4.05. The summed E-state index contributed by atoms with van der Waals surface area (Å²) in [5.74, 6) is -0.125. The SMILES string of the molecule is C[C@@H]1CCC[C@@H](C)N1C(=O)[C@@H](C)O. The Labute approximate surface area is 79.7 Å². The Morgan fingerprint density at radius 1 is 1.38 bits per heavy atom. The van der Waals surface area contributed by atoms with Crippen LogP contribution in [0.4, 0.5) is 0 Å². The summed E-state index contributed by atoms with van der Waals surface area (Å²) in [7, 11) is 0. The zero-order valence-electron chi connectivity index (χ0n) is 8.66. The number of likely N-dealkylation sites (tertiary alicyclic amines) is 1. The van der Waals surface area contributed by atoms with Gasteiger partial charge in [0.1, 0.15) is 6.10 Å². The van der Waals surface area contributed by atoms with Crippen LogP contribution in [0, 0.1) is 0 Å². The number of piperidine rings is 1. The summed E-state index contributed by atoms with van der Waals surface area (Å²) in [5, 5.41) is 9.22. The fourth-order valence-electron chi connectivity index (χ4n) is 2.07. The van der Waals surface area contributed by atoms with Gasteiger partial charge in [-0.2, -0.15) is 0 Å². The fourth-order valence-corrected chi connectivity index (χ4v) is 2.07. The van der Waals surface area contributed by atoms with E-state index in [2.05, 4.69) is 13.8 Å². The highest BCUT2D eigenvalue weighted by atomic mass is 16.3. The van der Waals surface area contributed by atoms with Gasteiger partial charge in [-0.1, -0.05) is 0 Å². The number of aliphatic hydroxyl groups is 1. The molecule has 1 aliphatic heterocycles. The van der Waals surface area contributed by atoms with Gasteiger partial charge in [0, 0.05) is 12.1 Å². The molecule has 3 nitrogen and oxygen atoms in total. The lowest BCUT2D eigenvalue weighted by molar-refractivity contribution is -0.145. The Bertz CT molecular complexity index is 181.